The van der Waals surface area contributed by atoms with Gasteiger partial charge in [-0.05, 0) is 45.2 Å². The number of hydrogen-bond donors (Lipinski definition) is 1. The molecule has 0 radical (unpaired) electrons. The summed E-state index contributed by atoms with van der Waals surface area (Å²) in [7, 11) is 0. The van der Waals surface area contributed by atoms with Gasteiger partial charge in [0.05, 0.1) is 0 Å². The Bertz CT molecular complexity index is 265. The maximum atomic E-state index is 12.1. The molecule has 1 saturated heterocycles. The van der Waals surface area contributed by atoms with Gasteiger partial charge in [0, 0.05) is 18.7 Å². The van der Waals surface area contributed by atoms with Gasteiger partial charge in [0.1, 0.15) is 0 Å². The Hall–Kier alpha value is -0.830. The molecule has 1 fully saturated rings. The quantitative estimate of drug-likeness (QED) is 0.745. The van der Waals surface area contributed by atoms with Crippen LogP contribution in [0.25, 0.3) is 0 Å². The third-order valence-corrected chi connectivity index (χ3v) is 3.43. The molecule has 0 unspecified atom stereocenters. The Balaban J connectivity index is 2.36. The molecule has 0 aromatic carbocycles. The zero-order chi connectivity index (χ0) is 12.7. The highest BCUT2D eigenvalue weighted by molar-refractivity contribution is 5.92. The monoisotopic (exact) mass is 238 g/mol. The second-order valence-corrected chi connectivity index (χ2v) is 4.84. The van der Waals surface area contributed by atoms with E-state index in [9.17, 15) is 4.79 Å². The number of piperidine rings is 1. The molecule has 3 heteroatoms. The molecule has 0 aromatic heterocycles. The SMILES string of the molecule is CCC=C(C)C(=O)N1CCC(CNCC)CC1. The normalized spacial score (nSPS) is 18.5. The first-order valence-corrected chi connectivity index (χ1v) is 6.85. The number of carbonyl (C=O) groups is 1. The van der Waals surface area contributed by atoms with E-state index in [0.717, 1.165) is 56.9 Å². The van der Waals surface area contributed by atoms with E-state index in [4.69, 9.17) is 0 Å². The smallest absolute Gasteiger partial charge is 0.249 e. The van der Waals surface area contributed by atoms with Crippen molar-refractivity contribution in [1.29, 1.82) is 0 Å². The lowest BCUT2D eigenvalue weighted by molar-refractivity contribution is -0.128. The fourth-order valence-corrected chi connectivity index (χ4v) is 2.33. The summed E-state index contributed by atoms with van der Waals surface area (Å²) in [6.45, 7) is 10.1. The topological polar surface area (TPSA) is 32.3 Å². The van der Waals surface area contributed by atoms with Gasteiger partial charge in [-0.2, -0.15) is 0 Å². The van der Waals surface area contributed by atoms with Gasteiger partial charge in [-0.3, -0.25) is 4.79 Å². The molecule has 0 atom stereocenters. The van der Waals surface area contributed by atoms with Crippen LogP contribution in [0.4, 0.5) is 0 Å². The molecule has 1 N–H and O–H groups in total. The van der Waals surface area contributed by atoms with E-state index in [2.05, 4.69) is 19.2 Å². The molecule has 1 aliphatic heterocycles. The fourth-order valence-electron chi connectivity index (χ4n) is 2.33. The number of nitrogens with zero attached hydrogens (tertiary/aromatic N) is 1. The van der Waals surface area contributed by atoms with Crippen LogP contribution in [0.15, 0.2) is 11.6 Å². The summed E-state index contributed by atoms with van der Waals surface area (Å²) in [5, 5.41) is 3.39. The molecule has 0 aromatic rings. The van der Waals surface area contributed by atoms with E-state index in [1.54, 1.807) is 0 Å². The molecule has 1 rings (SSSR count). The first-order valence-electron chi connectivity index (χ1n) is 6.85. The van der Waals surface area contributed by atoms with Gasteiger partial charge in [0.25, 0.3) is 0 Å². The van der Waals surface area contributed by atoms with Crippen LogP contribution in [-0.2, 0) is 4.79 Å². The molecule has 0 aliphatic carbocycles. The average molecular weight is 238 g/mol. The lowest BCUT2D eigenvalue weighted by Crippen LogP contribution is -2.41. The van der Waals surface area contributed by atoms with E-state index < -0.39 is 0 Å². The minimum Gasteiger partial charge on any atom is -0.339 e. The lowest BCUT2D eigenvalue weighted by Gasteiger charge is -2.32. The van der Waals surface area contributed by atoms with Gasteiger partial charge in [-0.15, -0.1) is 0 Å². The fraction of sp³-hybridized carbons (Fsp3) is 0.786. The van der Waals surface area contributed by atoms with Crippen molar-refractivity contribution >= 4 is 5.91 Å². The van der Waals surface area contributed by atoms with Crippen LogP contribution in [0.5, 0.6) is 0 Å². The number of amides is 1. The minimum atomic E-state index is 0.230. The third kappa shape index (κ3) is 4.50. The summed E-state index contributed by atoms with van der Waals surface area (Å²) in [6, 6.07) is 0. The molecule has 98 valence electrons. The van der Waals surface area contributed by atoms with Crippen molar-refractivity contribution in [3.8, 4) is 0 Å². The van der Waals surface area contributed by atoms with Crippen molar-refractivity contribution in [3.63, 3.8) is 0 Å². The molecule has 1 aliphatic rings. The van der Waals surface area contributed by atoms with Gasteiger partial charge in [0.15, 0.2) is 0 Å². The minimum absolute atomic E-state index is 0.230. The largest absolute Gasteiger partial charge is 0.339 e. The van der Waals surface area contributed by atoms with Crippen LogP contribution in [0.2, 0.25) is 0 Å². The number of likely N-dealkylation sites (tertiary alicyclic amines) is 1. The van der Waals surface area contributed by atoms with E-state index >= 15 is 0 Å². The maximum absolute atomic E-state index is 12.1. The summed E-state index contributed by atoms with van der Waals surface area (Å²) in [4.78, 5) is 14.1. The first kappa shape index (κ1) is 14.2. The summed E-state index contributed by atoms with van der Waals surface area (Å²) in [5.41, 5.74) is 0.901. The Kier molecular flexibility index (Phi) is 6.27. The predicted octanol–water partition coefficient (Wildman–Crippen LogP) is 2.19. The Morgan fingerprint density at radius 3 is 2.53 bits per heavy atom. The van der Waals surface area contributed by atoms with Crippen LogP contribution in [0, 0.1) is 5.92 Å². The van der Waals surface area contributed by atoms with Gasteiger partial charge in [-0.25, -0.2) is 0 Å². The number of allylic oxidation sites excluding steroid dienone is 1. The number of nitrogens with one attached hydrogen (secondary N) is 1. The number of hydrogen-bond acceptors (Lipinski definition) is 2. The molecule has 3 nitrogen and oxygen atoms in total. The van der Waals surface area contributed by atoms with Crippen molar-refractivity contribution in [2.24, 2.45) is 5.92 Å². The Morgan fingerprint density at radius 2 is 2.00 bits per heavy atom. The second-order valence-electron chi connectivity index (χ2n) is 4.84. The van der Waals surface area contributed by atoms with Crippen LogP contribution in [0.3, 0.4) is 0 Å². The Morgan fingerprint density at radius 1 is 1.35 bits per heavy atom. The molecule has 1 heterocycles. The van der Waals surface area contributed by atoms with E-state index in [1.807, 2.05) is 17.9 Å². The molecule has 0 spiro atoms. The maximum Gasteiger partial charge on any atom is 0.249 e. The molecular weight excluding hydrogens is 212 g/mol. The first-order chi connectivity index (χ1) is 8.19. The van der Waals surface area contributed by atoms with Gasteiger partial charge in [0.2, 0.25) is 5.91 Å². The highest BCUT2D eigenvalue weighted by Crippen LogP contribution is 2.18. The summed E-state index contributed by atoms with van der Waals surface area (Å²) < 4.78 is 0. The van der Waals surface area contributed by atoms with E-state index in [1.165, 1.54) is 0 Å². The molecule has 0 saturated carbocycles. The summed E-state index contributed by atoms with van der Waals surface area (Å²) in [6.07, 6.45) is 5.23. The highest BCUT2D eigenvalue weighted by Gasteiger charge is 2.22. The molecule has 0 bridgehead atoms. The zero-order valence-electron chi connectivity index (χ0n) is 11.5. The summed E-state index contributed by atoms with van der Waals surface area (Å²) in [5.74, 6) is 0.975. The second kappa shape index (κ2) is 7.49. The van der Waals surface area contributed by atoms with Crippen LogP contribution in [-0.4, -0.2) is 37.0 Å². The summed E-state index contributed by atoms with van der Waals surface area (Å²) >= 11 is 0. The van der Waals surface area contributed by atoms with Crippen molar-refractivity contribution in [2.45, 2.75) is 40.0 Å². The number of carbonyl (C=O) groups excluding carboxylic acids is 1. The average Bonchev–Trinajstić information content (AvgIpc) is 2.36. The van der Waals surface area contributed by atoms with Crippen molar-refractivity contribution in [1.82, 2.24) is 10.2 Å². The third-order valence-electron chi connectivity index (χ3n) is 3.43. The molecule has 17 heavy (non-hydrogen) atoms. The molecule has 1 amide bonds. The zero-order valence-corrected chi connectivity index (χ0v) is 11.5. The van der Waals surface area contributed by atoms with Crippen molar-refractivity contribution < 1.29 is 4.79 Å². The highest BCUT2D eigenvalue weighted by atomic mass is 16.2. The van der Waals surface area contributed by atoms with Gasteiger partial charge in [-0.1, -0.05) is 19.9 Å². The van der Waals surface area contributed by atoms with Gasteiger partial charge < -0.3 is 10.2 Å². The Labute approximate surface area is 105 Å². The van der Waals surface area contributed by atoms with Crippen LogP contribution >= 0.6 is 0 Å². The van der Waals surface area contributed by atoms with E-state index in [0.29, 0.717) is 0 Å². The number of rotatable bonds is 5. The van der Waals surface area contributed by atoms with E-state index in [-0.39, 0.29) is 5.91 Å². The predicted molar refractivity (Wildman–Crippen MR) is 71.9 cm³/mol. The van der Waals surface area contributed by atoms with Crippen molar-refractivity contribution in [3.05, 3.63) is 11.6 Å². The van der Waals surface area contributed by atoms with Crippen LogP contribution in [0.1, 0.15) is 40.0 Å². The lowest BCUT2D eigenvalue weighted by atomic mass is 9.96. The molecular formula is C14H26N2O. The van der Waals surface area contributed by atoms with Gasteiger partial charge >= 0.3 is 0 Å². The van der Waals surface area contributed by atoms with Crippen LogP contribution < -0.4 is 5.32 Å². The standard InChI is InChI=1S/C14H26N2O/c1-4-6-12(3)14(17)16-9-7-13(8-10-16)11-15-5-2/h6,13,15H,4-5,7-11H2,1-3H3. The van der Waals surface area contributed by atoms with Crippen molar-refractivity contribution in [2.75, 3.05) is 26.2 Å².